The highest BCUT2D eigenvalue weighted by Gasteiger charge is 2.24. The largest absolute Gasteiger partial charge is 0.465 e. The number of rotatable bonds is 6. The van der Waals surface area contributed by atoms with E-state index in [2.05, 4.69) is 10.1 Å². The van der Waals surface area contributed by atoms with Gasteiger partial charge in [0.25, 0.3) is 5.91 Å². The Balaban J connectivity index is 2.03. The normalized spacial score (nSPS) is 12.6. The minimum Gasteiger partial charge on any atom is -0.465 e. The van der Waals surface area contributed by atoms with Gasteiger partial charge in [0.05, 0.1) is 24.3 Å². The van der Waals surface area contributed by atoms with Crippen molar-refractivity contribution in [1.82, 2.24) is 5.32 Å². The zero-order valence-corrected chi connectivity index (χ0v) is 15.2. The van der Waals surface area contributed by atoms with Crippen LogP contribution in [0.15, 0.2) is 48.5 Å². The Kier molecular flexibility index (Phi) is 6.65. The van der Waals surface area contributed by atoms with E-state index >= 15 is 0 Å². The molecule has 1 N–H and O–H groups in total. The Bertz CT molecular complexity index is 835. The number of carbonyl (C=O) groups is 3. The standard InChI is InChI=1S/C20H20FNO5/c1-12(14-8-10-15(21)11-9-14)22-18(23)13(2)27-20(25)17-7-5-4-6-16(17)19(24)26-3/h4-13H,1-3H3,(H,22,23). The highest BCUT2D eigenvalue weighted by atomic mass is 19.1. The van der Waals surface area contributed by atoms with Gasteiger partial charge < -0.3 is 14.8 Å². The number of benzene rings is 2. The molecule has 0 aliphatic carbocycles. The third-order valence-corrected chi connectivity index (χ3v) is 3.93. The molecular formula is C20H20FNO5. The molecule has 0 saturated heterocycles. The Hall–Kier alpha value is -3.22. The first-order valence-electron chi connectivity index (χ1n) is 8.27. The van der Waals surface area contributed by atoms with Crippen LogP contribution >= 0.6 is 0 Å². The molecule has 0 aliphatic rings. The van der Waals surface area contributed by atoms with Crippen LogP contribution in [0.3, 0.4) is 0 Å². The van der Waals surface area contributed by atoms with Crippen molar-refractivity contribution in [3.8, 4) is 0 Å². The van der Waals surface area contributed by atoms with E-state index in [1.807, 2.05) is 0 Å². The van der Waals surface area contributed by atoms with Gasteiger partial charge >= 0.3 is 11.9 Å². The van der Waals surface area contributed by atoms with Crippen molar-refractivity contribution in [2.45, 2.75) is 26.0 Å². The molecule has 0 saturated carbocycles. The van der Waals surface area contributed by atoms with Crippen LogP contribution in [0.4, 0.5) is 4.39 Å². The molecule has 6 nitrogen and oxygen atoms in total. The Morgan fingerprint density at radius 2 is 1.48 bits per heavy atom. The maximum Gasteiger partial charge on any atom is 0.339 e. The van der Waals surface area contributed by atoms with Gasteiger partial charge in [0.1, 0.15) is 5.82 Å². The maximum absolute atomic E-state index is 13.0. The molecule has 2 aromatic carbocycles. The first kappa shape index (κ1) is 20.1. The highest BCUT2D eigenvalue weighted by Crippen LogP contribution is 2.15. The molecule has 142 valence electrons. The topological polar surface area (TPSA) is 81.7 Å². The summed E-state index contributed by atoms with van der Waals surface area (Å²) in [5.74, 6) is -2.38. The third kappa shape index (κ3) is 5.13. The van der Waals surface area contributed by atoms with Crippen LogP contribution in [0.1, 0.15) is 46.2 Å². The van der Waals surface area contributed by atoms with Gasteiger partial charge in [0.15, 0.2) is 6.10 Å². The van der Waals surface area contributed by atoms with Gasteiger partial charge in [-0.05, 0) is 43.7 Å². The fraction of sp³-hybridized carbons (Fsp3) is 0.250. The van der Waals surface area contributed by atoms with E-state index in [1.165, 1.54) is 38.3 Å². The number of halogens is 1. The molecule has 0 radical (unpaired) electrons. The fourth-order valence-electron chi connectivity index (χ4n) is 2.39. The molecule has 2 atom stereocenters. The maximum atomic E-state index is 13.0. The van der Waals surface area contributed by atoms with Gasteiger partial charge in [0.2, 0.25) is 0 Å². The number of hydrogen-bond donors (Lipinski definition) is 1. The number of hydrogen-bond acceptors (Lipinski definition) is 5. The summed E-state index contributed by atoms with van der Waals surface area (Å²) in [6, 6.07) is 11.3. The van der Waals surface area contributed by atoms with Crippen LogP contribution in [0.25, 0.3) is 0 Å². The molecular weight excluding hydrogens is 353 g/mol. The van der Waals surface area contributed by atoms with Gasteiger partial charge in [-0.2, -0.15) is 0 Å². The Morgan fingerprint density at radius 3 is 2.04 bits per heavy atom. The van der Waals surface area contributed by atoms with Crippen LogP contribution in [0.5, 0.6) is 0 Å². The molecule has 27 heavy (non-hydrogen) atoms. The van der Waals surface area contributed by atoms with Crippen LogP contribution in [0.2, 0.25) is 0 Å². The van der Waals surface area contributed by atoms with Crippen LogP contribution in [-0.2, 0) is 14.3 Å². The highest BCUT2D eigenvalue weighted by molar-refractivity contribution is 6.03. The molecule has 0 aliphatic heterocycles. The lowest BCUT2D eigenvalue weighted by Crippen LogP contribution is -2.37. The first-order chi connectivity index (χ1) is 12.8. The minimum absolute atomic E-state index is 0.00980. The molecule has 1 amide bonds. The van der Waals surface area contributed by atoms with Crippen LogP contribution in [0, 0.1) is 5.82 Å². The van der Waals surface area contributed by atoms with E-state index in [0.717, 1.165) is 0 Å². The SMILES string of the molecule is COC(=O)c1ccccc1C(=O)OC(C)C(=O)NC(C)c1ccc(F)cc1. The van der Waals surface area contributed by atoms with Gasteiger partial charge in [-0.25, -0.2) is 14.0 Å². The molecule has 2 rings (SSSR count). The predicted octanol–water partition coefficient (Wildman–Crippen LogP) is 3.04. The zero-order chi connectivity index (χ0) is 20.0. The Labute approximate surface area is 156 Å². The number of nitrogens with one attached hydrogen (secondary N) is 1. The van der Waals surface area contributed by atoms with E-state index in [9.17, 15) is 18.8 Å². The molecule has 0 fully saturated rings. The van der Waals surface area contributed by atoms with E-state index in [-0.39, 0.29) is 16.9 Å². The van der Waals surface area contributed by atoms with Crippen LogP contribution < -0.4 is 5.32 Å². The Morgan fingerprint density at radius 1 is 0.926 bits per heavy atom. The quantitative estimate of drug-likeness (QED) is 0.787. The first-order valence-corrected chi connectivity index (χ1v) is 8.27. The molecule has 7 heteroatoms. The third-order valence-electron chi connectivity index (χ3n) is 3.93. The number of amides is 1. The zero-order valence-electron chi connectivity index (χ0n) is 15.2. The summed E-state index contributed by atoms with van der Waals surface area (Å²) in [6.45, 7) is 3.15. The lowest BCUT2D eigenvalue weighted by Gasteiger charge is -2.18. The van der Waals surface area contributed by atoms with E-state index in [4.69, 9.17) is 4.74 Å². The van der Waals surface area contributed by atoms with Gasteiger partial charge in [-0.15, -0.1) is 0 Å². The van der Waals surface area contributed by atoms with Crippen molar-refractivity contribution in [2.24, 2.45) is 0 Å². The number of carbonyl (C=O) groups excluding carboxylic acids is 3. The minimum atomic E-state index is -1.09. The molecule has 2 unspecified atom stereocenters. The number of esters is 2. The molecule has 0 aromatic heterocycles. The lowest BCUT2D eigenvalue weighted by molar-refractivity contribution is -0.129. The van der Waals surface area contributed by atoms with Gasteiger partial charge in [-0.3, -0.25) is 4.79 Å². The summed E-state index contributed by atoms with van der Waals surface area (Å²) < 4.78 is 22.8. The average molecular weight is 373 g/mol. The summed E-state index contributed by atoms with van der Waals surface area (Å²) in [6.07, 6.45) is -1.09. The monoisotopic (exact) mass is 373 g/mol. The second-order valence-corrected chi connectivity index (χ2v) is 5.87. The molecule has 2 aromatic rings. The van der Waals surface area contributed by atoms with Gasteiger partial charge in [-0.1, -0.05) is 24.3 Å². The van der Waals surface area contributed by atoms with E-state index in [0.29, 0.717) is 5.56 Å². The summed E-state index contributed by atoms with van der Waals surface area (Å²) >= 11 is 0. The molecule has 0 spiro atoms. The van der Waals surface area contributed by atoms with Gasteiger partial charge in [0, 0.05) is 0 Å². The summed E-state index contributed by atoms with van der Waals surface area (Å²) in [7, 11) is 1.21. The van der Waals surface area contributed by atoms with Crippen molar-refractivity contribution in [2.75, 3.05) is 7.11 Å². The van der Waals surface area contributed by atoms with Crippen molar-refractivity contribution < 1.29 is 28.2 Å². The average Bonchev–Trinajstić information content (AvgIpc) is 2.67. The van der Waals surface area contributed by atoms with Crippen molar-refractivity contribution in [3.63, 3.8) is 0 Å². The lowest BCUT2D eigenvalue weighted by atomic mass is 10.1. The second kappa shape index (κ2) is 8.93. The number of ether oxygens (including phenoxy) is 2. The van der Waals surface area contributed by atoms with Crippen molar-refractivity contribution in [1.29, 1.82) is 0 Å². The summed E-state index contributed by atoms with van der Waals surface area (Å²) in [5.41, 5.74) is 0.771. The number of methoxy groups -OCH3 is 1. The molecule has 0 heterocycles. The fourth-order valence-corrected chi connectivity index (χ4v) is 2.39. The smallest absolute Gasteiger partial charge is 0.339 e. The van der Waals surface area contributed by atoms with Crippen molar-refractivity contribution in [3.05, 3.63) is 71.0 Å². The predicted molar refractivity (Wildman–Crippen MR) is 95.6 cm³/mol. The summed E-state index contributed by atoms with van der Waals surface area (Å²) in [4.78, 5) is 36.4. The second-order valence-electron chi connectivity index (χ2n) is 5.87. The van der Waals surface area contributed by atoms with E-state index < -0.39 is 30.0 Å². The summed E-state index contributed by atoms with van der Waals surface area (Å²) in [5, 5.41) is 2.69. The van der Waals surface area contributed by atoms with Crippen molar-refractivity contribution >= 4 is 17.8 Å². The van der Waals surface area contributed by atoms with Crippen LogP contribution in [-0.4, -0.2) is 31.1 Å². The molecule has 0 bridgehead atoms. The van der Waals surface area contributed by atoms with E-state index in [1.54, 1.807) is 31.2 Å².